The molecule has 0 bridgehead atoms. The molecule has 2 aliphatic rings. The maximum Gasteiger partial charge on any atom is 0.227 e. The van der Waals surface area contributed by atoms with Gasteiger partial charge in [-0.1, -0.05) is 5.16 Å². The van der Waals surface area contributed by atoms with E-state index in [1.165, 1.54) is 10.6 Å². The van der Waals surface area contributed by atoms with E-state index in [1.54, 1.807) is 23.7 Å². The van der Waals surface area contributed by atoms with E-state index in [1.807, 2.05) is 17.6 Å². The Labute approximate surface area is 180 Å². The molecule has 7 nitrogen and oxygen atoms in total. The first kappa shape index (κ1) is 19.8. The summed E-state index contributed by atoms with van der Waals surface area (Å²) in [6.07, 6.45) is 8.64. The lowest BCUT2D eigenvalue weighted by atomic mass is 9.78. The molecule has 2 fully saturated rings. The van der Waals surface area contributed by atoms with Gasteiger partial charge in [0, 0.05) is 55.5 Å². The molecule has 3 aromatic heterocycles. The molecule has 0 amide bonds. The van der Waals surface area contributed by atoms with E-state index in [0.717, 1.165) is 63.9 Å². The van der Waals surface area contributed by atoms with Crippen LogP contribution in [0.1, 0.15) is 42.1 Å². The topological polar surface area (TPSA) is 77.2 Å². The molecular formula is C22H27N5O2S. The average molecular weight is 426 g/mol. The van der Waals surface area contributed by atoms with E-state index in [4.69, 9.17) is 9.26 Å². The van der Waals surface area contributed by atoms with Gasteiger partial charge < -0.3 is 9.26 Å². The second kappa shape index (κ2) is 8.53. The van der Waals surface area contributed by atoms with Gasteiger partial charge >= 0.3 is 0 Å². The zero-order chi connectivity index (χ0) is 20.4. The molecule has 2 saturated heterocycles. The van der Waals surface area contributed by atoms with E-state index in [2.05, 4.69) is 31.9 Å². The minimum Gasteiger partial charge on any atom is -0.375 e. The lowest BCUT2D eigenvalue weighted by Gasteiger charge is -2.46. The van der Waals surface area contributed by atoms with Gasteiger partial charge in [-0.15, -0.1) is 11.3 Å². The van der Waals surface area contributed by atoms with Gasteiger partial charge in [-0.3, -0.25) is 9.88 Å². The Morgan fingerprint density at radius 2 is 2.20 bits per heavy atom. The molecule has 30 heavy (non-hydrogen) atoms. The molecular weight excluding hydrogens is 398 g/mol. The first-order chi connectivity index (χ1) is 14.7. The van der Waals surface area contributed by atoms with Crippen LogP contribution in [0.5, 0.6) is 0 Å². The van der Waals surface area contributed by atoms with Crippen LogP contribution in [0.2, 0.25) is 0 Å². The van der Waals surface area contributed by atoms with Gasteiger partial charge in [-0.25, -0.2) is 4.98 Å². The minimum atomic E-state index is 0.00830. The second-order valence-electron chi connectivity index (χ2n) is 8.48. The highest BCUT2D eigenvalue weighted by molar-refractivity contribution is 7.09. The number of nitrogens with zero attached hydrogens (tertiary/aromatic N) is 5. The largest absolute Gasteiger partial charge is 0.375 e. The van der Waals surface area contributed by atoms with E-state index in [9.17, 15) is 0 Å². The molecule has 0 saturated carbocycles. The number of thiazole rings is 1. The SMILES string of the molecule is Cc1ncsc1CN1CCC2(CC1)CC(Cc1nc(-c3cccnc3)no1)CCO2. The number of likely N-dealkylation sites (tertiary alicyclic amines) is 1. The zero-order valence-corrected chi connectivity index (χ0v) is 18.1. The zero-order valence-electron chi connectivity index (χ0n) is 17.3. The van der Waals surface area contributed by atoms with Crippen LogP contribution in [0.15, 0.2) is 34.6 Å². The number of hydrogen-bond acceptors (Lipinski definition) is 8. The molecule has 0 aromatic carbocycles. The molecule has 3 aromatic rings. The van der Waals surface area contributed by atoms with Crippen molar-refractivity contribution in [2.24, 2.45) is 5.92 Å². The Bertz CT molecular complexity index is 965. The smallest absolute Gasteiger partial charge is 0.227 e. The van der Waals surface area contributed by atoms with Crippen molar-refractivity contribution in [3.8, 4) is 11.4 Å². The van der Waals surface area contributed by atoms with Gasteiger partial charge in [-0.05, 0) is 50.7 Å². The fourth-order valence-electron chi connectivity index (χ4n) is 4.65. The molecule has 0 N–H and O–H groups in total. The Balaban J connectivity index is 1.18. The van der Waals surface area contributed by atoms with Gasteiger partial charge in [0.25, 0.3) is 0 Å². The number of rotatable bonds is 5. The Kier molecular flexibility index (Phi) is 5.62. The molecule has 1 spiro atoms. The summed E-state index contributed by atoms with van der Waals surface area (Å²) in [4.78, 5) is 17.0. The molecule has 0 aliphatic carbocycles. The number of aryl methyl sites for hydroxylation is 1. The number of ether oxygens (including phenoxy) is 1. The number of pyridine rings is 1. The van der Waals surface area contributed by atoms with Gasteiger partial charge in [-0.2, -0.15) is 4.98 Å². The summed E-state index contributed by atoms with van der Waals surface area (Å²) in [5, 5.41) is 4.14. The van der Waals surface area contributed by atoms with Crippen LogP contribution in [0.3, 0.4) is 0 Å². The Hall–Kier alpha value is -2.16. The number of hydrogen-bond donors (Lipinski definition) is 0. The van der Waals surface area contributed by atoms with E-state index in [-0.39, 0.29) is 5.60 Å². The third-order valence-electron chi connectivity index (χ3n) is 6.43. The molecule has 1 atom stereocenters. The molecule has 1 unspecified atom stereocenters. The number of piperidine rings is 1. The molecule has 5 heterocycles. The van der Waals surface area contributed by atoms with Gasteiger partial charge in [0.2, 0.25) is 11.7 Å². The first-order valence-electron chi connectivity index (χ1n) is 10.7. The van der Waals surface area contributed by atoms with Crippen LogP contribution in [0.4, 0.5) is 0 Å². The second-order valence-corrected chi connectivity index (χ2v) is 9.42. The van der Waals surface area contributed by atoms with Crippen molar-refractivity contribution in [2.75, 3.05) is 19.7 Å². The van der Waals surface area contributed by atoms with Gasteiger partial charge in [0.15, 0.2) is 0 Å². The highest BCUT2D eigenvalue weighted by Gasteiger charge is 2.40. The quantitative estimate of drug-likeness (QED) is 0.613. The van der Waals surface area contributed by atoms with Gasteiger partial charge in [0.05, 0.1) is 16.8 Å². The van der Waals surface area contributed by atoms with E-state index >= 15 is 0 Å². The van der Waals surface area contributed by atoms with E-state index in [0.29, 0.717) is 17.6 Å². The summed E-state index contributed by atoms with van der Waals surface area (Å²) in [6.45, 7) is 6.09. The molecule has 0 radical (unpaired) electrons. The van der Waals surface area contributed by atoms with Crippen molar-refractivity contribution in [1.82, 2.24) is 25.0 Å². The fourth-order valence-corrected chi connectivity index (χ4v) is 5.47. The third-order valence-corrected chi connectivity index (χ3v) is 7.35. The summed E-state index contributed by atoms with van der Waals surface area (Å²) < 4.78 is 11.9. The Morgan fingerprint density at radius 3 is 2.97 bits per heavy atom. The molecule has 8 heteroatoms. The van der Waals surface area contributed by atoms with Crippen LogP contribution in [0.25, 0.3) is 11.4 Å². The standard InChI is InChI=1S/C22H27N5O2S/c1-16-19(30-15-24-16)14-27-8-5-22(6-9-27)12-17(4-10-28-22)11-20-25-21(26-29-20)18-3-2-7-23-13-18/h2-3,7,13,15,17H,4-6,8-12,14H2,1H3. The van der Waals surface area contributed by atoms with E-state index < -0.39 is 0 Å². The van der Waals surface area contributed by atoms with Crippen LogP contribution in [0, 0.1) is 12.8 Å². The molecule has 158 valence electrons. The number of aromatic nitrogens is 4. The Morgan fingerprint density at radius 1 is 1.30 bits per heavy atom. The summed E-state index contributed by atoms with van der Waals surface area (Å²) in [6, 6.07) is 3.84. The predicted octanol–water partition coefficient (Wildman–Crippen LogP) is 3.90. The van der Waals surface area contributed by atoms with Crippen LogP contribution < -0.4 is 0 Å². The first-order valence-corrected chi connectivity index (χ1v) is 11.6. The average Bonchev–Trinajstić information content (AvgIpc) is 3.40. The fraction of sp³-hybridized carbons (Fsp3) is 0.545. The lowest BCUT2D eigenvalue weighted by molar-refractivity contribution is -0.128. The normalized spacial score (nSPS) is 21.8. The maximum absolute atomic E-state index is 6.34. The summed E-state index contributed by atoms with van der Waals surface area (Å²) >= 11 is 1.76. The van der Waals surface area contributed by atoms with Crippen LogP contribution in [-0.4, -0.2) is 50.3 Å². The third kappa shape index (κ3) is 4.31. The molecule has 2 aliphatic heterocycles. The minimum absolute atomic E-state index is 0.00830. The maximum atomic E-state index is 6.34. The summed E-state index contributed by atoms with van der Waals surface area (Å²) in [5.41, 5.74) is 4.01. The molecule has 5 rings (SSSR count). The predicted molar refractivity (Wildman–Crippen MR) is 114 cm³/mol. The highest BCUT2D eigenvalue weighted by Crippen LogP contribution is 2.39. The lowest BCUT2D eigenvalue weighted by Crippen LogP contribution is -2.49. The summed E-state index contributed by atoms with van der Waals surface area (Å²) in [5.74, 6) is 1.86. The summed E-state index contributed by atoms with van der Waals surface area (Å²) in [7, 11) is 0. The van der Waals surface area contributed by atoms with Crippen molar-refractivity contribution in [1.29, 1.82) is 0 Å². The highest BCUT2D eigenvalue weighted by atomic mass is 32.1. The van der Waals surface area contributed by atoms with Crippen molar-refractivity contribution < 1.29 is 9.26 Å². The van der Waals surface area contributed by atoms with Gasteiger partial charge in [0.1, 0.15) is 0 Å². The van der Waals surface area contributed by atoms with Crippen molar-refractivity contribution >= 4 is 11.3 Å². The monoisotopic (exact) mass is 425 g/mol. The van der Waals surface area contributed by atoms with Crippen LogP contribution >= 0.6 is 11.3 Å². The van der Waals surface area contributed by atoms with Crippen molar-refractivity contribution in [3.63, 3.8) is 0 Å². The van der Waals surface area contributed by atoms with Crippen molar-refractivity contribution in [2.45, 2.75) is 51.2 Å². The van der Waals surface area contributed by atoms with Crippen molar-refractivity contribution in [3.05, 3.63) is 46.5 Å². The van der Waals surface area contributed by atoms with Crippen LogP contribution in [-0.2, 0) is 17.7 Å².